The molecule has 2 heterocycles. The molecule has 178 valence electrons. The van der Waals surface area contributed by atoms with Crippen molar-refractivity contribution in [1.82, 2.24) is 30.3 Å². The first-order valence-electron chi connectivity index (χ1n) is 11.9. The maximum absolute atomic E-state index is 4.50. The monoisotopic (exact) mass is 563 g/mol. The van der Waals surface area contributed by atoms with Crippen LogP contribution in [0.3, 0.4) is 0 Å². The third-order valence-corrected chi connectivity index (χ3v) is 7.26. The van der Waals surface area contributed by atoms with E-state index >= 15 is 0 Å². The molecule has 2 N–H and O–H groups in total. The van der Waals surface area contributed by atoms with Gasteiger partial charge in [0, 0.05) is 45.2 Å². The molecular weight excluding hydrogens is 521 g/mol. The van der Waals surface area contributed by atoms with E-state index in [1.807, 2.05) is 7.05 Å². The zero-order valence-electron chi connectivity index (χ0n) is 19.6. The van der Waals surface area contributed by atoms with Gasteiger partial charge in [-0.25, -0.2) is 0 Å². The minimum Gasteiger partial charge on any atom is -0.356 e. The van der Waals surface area contributed by atoms with Gasteiger partial charge in [0.1, 0.15) is 5.82 Å². The van der Waals surface area contributed by atoms with Gasteiger partial charge in [0.05, 0.1) is 0 Å². The summed E-state index contributed by atoms with van der Waals surface area (Å²) < 4.78 is 2.41. The Morgan fingerprint density at radius 1 is 1.10 bits per heavy atom. The molecule has 1 aliphatic heterocycles. The standard InChI is InChI=1S/C22H41N7S.HI/c1-4-18-10-7-8-16-28(18)17-15-25-21(23-2)24-14-9-13-20-26-27-22(30-3)29(20)19-11-5-6-12-19;/h18-19H,4-17H2,1-3H3,(H2,23,24,25);1H. The Morgan fingerprint density at radius 3 is 2.55 bits per heavy atom. The molecule has 7 nitrogen and oxygen atoms in total. The predicted octanol–water partition coefficient (Wildman–Crippen LogP) is 4.10. The number of likely N-dealkylation sites (tertiary alicyclic amines) is 1. The van der Waals surface area contributed by atoms with Gasteiger partial charge in [-0.3, -0.25) is 9.89 Å². The summed E-state index contributed by atoms with van der Waals surface area (Å²) in [6.45, 7) is 6.50. The molecule has 1 atom stereocenters. The molecule has 2 aliphatic rings. The fraction of sp³-hybridized carbons (Fsp3) is 0.864. The Labute approximate surface area is 210 Å². The molecule has 0 radical (unpaired) electrons. The molecule has 31 heavy (non-hydrogen) atoms. The Morgan fingerprint density at radius 2 is 1.84 bits per heavy atom. The highest BCUT2D eigenvalue weighted by Crippen LogP contribution is 2.33. The maximum atomic E-state index is 4.50. The van der Waals surface area contributed by atoms with E-state index in [2.05, 4.69) is 48.5 Å². The average molecular weight is 564 g/mol. The van der Waals surface area contributed by atoms with Crippen molar-refractivity contribution in [3.8, 4) is 0 Å². The van der Waals surface area contributed by atoms with E-state index in [4.69, 9.17) is 0 Å². The topological polar surface area (TPSA) is 70.4 Å². The second-order valence-corrected chi connectivity index (χ2v) is 9.31. The lowest BCUT2D eigenvalue weighted by Crippen LogP contribution is -2.46. The van der Waals surface area contributed by atoms with Gasteiger partial charge in [-0.05, 0) is 51.3 Å². The van der Waals surface area contributed by atoms with Gasteiger partial charge in [-0.15, -0.1) is 34.2 Å². The van der Waals surface area contributed by atoms with Crippen LogP contribution in [-0.2, 0) is 6.42 Å². The first-order chi connectivity index (χ1) is 14.8. The van der Waals surface area contributed by atoms with E-state index in [0.717, 1.165) is 55.5 Å². The number of nitrogens with zero attached hydrogens (tertiary/aromatic N) is 5. The third kappa shape index (κ3) is 7.77. The largest absolute Gasteiger partial charge is 0.356 e. The molecule has 0 aromatic carbocycles. The lowest BCUT2D eigenvalue weighted by atomic mass is 10.0. The van der Waals surface area contributed by atoms with Crippen molar-refractivity contribution in [3.63, 3.8) is 0 Å². The number of nitrogens with one attached hydrogen (secondary N) is 2. The van der Waals surface area contributed by atoms with Crippen LogP contribution in [0.25, 0.3) is 0 Å². The van der Waals surface area contributed by atoms with Crippen molar-refractivity contribution in [2.24, 2.45) is 4.99 Å². The number of guanidine groups is 1. The van der Waals surface area contributed by atoms with Crippen molar-refractivity contribution in [1.29, 1.82) is 0 Å². The van der Waals surface area contributed by atoms with Crippen LogP contribution in [0, 0.1) is 0 Å². The second kappa shape index (κ2) is 14.6. The van der Waals surface area contributed by atoms with Crippen molar-refractivity contribution < 1.29 is 0 Å². The van der Waals surface area contributed by atoms with Gasteiger partial charge in [0.25, 0.3) is 0 Å². The molecule has 0 bridgehead atoms. The van der Waals surface area contributed by atoms with E-state index in [1.165, 1.54) is 57.9 Å². The average Bonchev–Trinajstić information content (AvgIpc) is 3.45. The van der Waals surface area contributed by atoms with Gasteiger partial charge >= 0.3 is 0 Å². The van der Waals surface area contributed by atoms with E-state index in [0.29, 0.717) is 6.04 Å². The number of aromatic nitrogens is 3. The van der Waals surface area contributed by atoms with Crippen LogP contribution in [0.2, 0.25) is 0 Å². The molecule has 1 aromatic rings. The van der Waals surface area contributed by atoms with Crippen LogP contribution in [0.1, 0.15) is 76.6 Å². The summed E-state index contributed by atoms with van der Waals surface area (Å²) in [4.78, 5) is 7.03. The first-order valence-corrected chi connectivity index (χ1v) is 13.2. The number of rotatable bonds is 10. The number of piperidine rings is 1. The zero-order chi connectivity index (χ0) is 21.2. The van der Waals surface area contributed by atoms with Gasteiger partial charge in [-0.1, -0.05) is 37.9 Å². The zero-order valence-corrected chi connectivity index (χ0v) is 22.8. The van der Waals surface area contributed by atoms with Crippen LogP contribution in [0.15, 0.2) is 10.1 Å². The van der Waals surface area contributed by atoms with Crippen molar-refractivity contribution in [2.45, 2.75) is 88.4 Å². The summed E-state index contributed by atoms with van der Waals surface area (Å²) in [7, 11) is 1.85. The molecule has 2 fully saturated rings. The highest BCUT2D eigenvalue weighted by atomic mass is 127. The number of thioether (sulfide) groups is 1. The number of aliphatic imine (C=N–C) groups is 1. The Balaban J connectivity index is 0.00000341. The minimum absolute atomic E-state index is 0. The Kier molecular flexibility index (Phi) is 12.5. The minimum atomic E-state index is 0. The van der Waals surface area contributed by atoms with Gasteiger partial charge in [0.2, 0.25) is 0 Å². The van der Waals surface area contributed by atoms with Crippen LogP contribution in [-0.4, -0.2) is 71.1 Å². The van der Waals surface area contributed by atoms with Gasteiger partial charge in [0.15, 0.2) is 11.1 Å². The molecule has 0 spiro atoms. The van der Waals surface area contributed by atoms with Gasteiger partial charge < -0.3 is 15.2 Å². The Hall–Kier alpha value is -0.550. The van der Waals surface area contributed by atoms with Crippen LogP contribution in [0.5, 0.6) is 0 Å². The summed E-state index contributed by atoms with van der Waals surface area (Å²) in [6, 6.07) is 1.36. The normalized spacial score (nSPS) is 20.6. The highest BCUT2D eigenvalue weighted by molar-refractivity contribution is 14.0. The molecular formula is C22H42IN7S. The van der Waals surface area contributed by atoms with E-state index in [-0.39, 0.29) is 24.0 Å². The first kappa shape index (κ1) is 26.7. The number of hydrogen-bond donors (Lipinski definition) is 2. The molecule has 1 aliphatic carbocycles. The maximum Gasteiger partial charge on any atom is 0.191 e. The SMILES string of the molecule is CCC1CCCCN1CCNC(=NC)NCCCc1nnc(SC)n1C1CCCC1.I. The quantitative estimate of drug-likeness (QED) is 0.147. The lowest BCUT2D eigenvalue weighted by Gasteiger charge is -2.35. The fourth-order valence-electron chi connectivity index (χ4n) is 4.95. The molecule has 0 amide bonds. The molecule has 1 aromatic heterocycles. The highest BCUT2D eigenvalue weighted by Gasteiger charge is 2.23. The van der Waals surface area contributed by atoms with Crippen molar-refractivity contribution in [3.05, 3.63) is 5.82 Å². The molecule has 1 unspecified atom stereocenters. The van der Waals surface area contributed by atoms with Crippen LogP contribution in [0.4, 0.5) is 0 Å². The summed E-state index contributed by atoms with van der Waals surface area (Å²) in [5.74, 6) is 2.05. The summed E-state index contributed by atoms with van der Waals surface area (Å²) >= 11 is 1.71. The second-order valence-electron chi connectivity index (χ2n) is 8.53. The van der Waals surface area contributed by atoms with E-state index in [9.17, 15) is 0 Å². The summed E-state index contributed by atoms with van der Waals surface area (Å²) in [6.07, 6.45) is 14.6. The third-order valence-electron chi connectivity index (χ3n) is 6.61. The number of hydrogen-bond acceptors (Lipinski definition) is 5. The van der Waals surface area contributed by atoms with E-state index < -0.39 is 0 Å². The van der Waals surface area contributed by atoms with Crippen LogP contribution >= 0.6 is 35.7 Å². The molecule has 1 saturated heterocycles. The van der Waals surface area contributed by atoms with E-state index in [1.54, 1.807) is 11.8 Å². The number of halogens is 1. The number of aryl methyl sites for hydroxylation is 1. The Bertz CT molecular complexity index is 660. The van der Waals surface area contributed by atoms with Gasteiger partial charge in [-0.2, -0.15) is 0 Å². The molecule has 3 rings (SSSR count). The summed E-state index contributed by atoms with van der Waals surface area (Å²) in [5, 5.41) is 17.0. The van der Waals surface area contributed by atoms with Crippen molar-refractivity contribution >= 4 is 41.7 Å². The van der Waals surface area contributed by atoms with Crippen LogP contribution < -0.4 is 10.6 Å². The summed E-state index contributed by atoms with van der Waals surface area (Å²) in [5.41, 5.74) is 0. The fourth-order valence-corrected chi connectivity index (χ4v) is 5.53. The predicted molar refractivity (Wildman–Crippen MR) is 142 cm³/mol. The van der Waals surface area contributed by atoms with Crippen molar-refractivity contribution in [2.75, 3.05) is 39.5 Å². The lowest BCUT2D eigenvalue weighted by molar-refractivity contribution is 0.147. The molecule has 1 saturated carbocycles. The smallest absolute Gasteiger partial charge is 0.191 e. The molecule has 9 heteroatoms.